The fourth-order valence-electron chi connectivity index (χ4n) is 2.39. The summed E-state index contributed by atoms with van der Waals surface area (Å²) in [5, 5.41) is 6.00. The number of benzene rings is 1. The number of hydrogen-bond donors (Lipinski definition) is 2. The Bertz CT molecular complexity index is 871. The Labute approximate surface area is 151 Å². The number of nitrogens with one attached hydrogen (secondary N) is 2. The van der Waals surface area contributed by atoms with E-state index in [0.29, 0.717) is 24.6 Å². The van der Waals surface area contributed by atoms with Crippen molar-refractivity contribution in [2.75, 3.05) is 12.4 Å². The molecule has 26 heavy (non-hydrogen) atoms. The van der Waals surface area contributed by atoms with Crippen molar-refractivity contribution in [2.45, 2.75) is 13.1 Å². The first-order valence-electron chi connectivity index (χ1n) is 8.11. The summed E-state index contributed by atoms with van der Waals surface area (Å²) in [6, 6.07) is 13.1. The molecule has 0 aliphatic carbocycles. The van der Waals surface area contributed by atoms with E-state index in [0.717, 1.165) is 16.9 Å². The first kappa shape index (κ1) is 17.3. The Morgan fingerprint density at radius 1 is 1.12 bits per heavy atom. The van der Waals surface area contributed by atoms with Crippen LogP contribution in [0.4, 0.5) is 5.82 Å². The number of para-hydroxylation sites is 1. The summed E-state index contributed by atoms with van der Waals surface area (Å²) in [4.78, 5) is 24.5. The van der Waals surface area contributed by atoms with Crippen molar-refractivity contribution in [1.82, 2.24) is 20.3 Å². The lowest BCUT2D eigenvalue weighted by Crippen LogP contribution is -2.24. The largest absolute Gasteiger partial charge is 0.496 e. The minimum atomic E-state index is -0.267. The van der Waals surface area contributed by atoms with Gasteiger partial charge in [0.25, 0.3) is 5.91 Å². The monoisotopic (exact) mass is 349 g/mol. The van der Waals surface area contributed by atoms with Gasteiger partial charge in [0.1, 0.15) is 23.6 Å². The fraction of sp³-hybridized carbons (Fsp3) is 0.158. The van der Waals surface area contributed by atoms with Gasteiger partial charge < -0.3 is 15.4 Å². The molecule has 0 unspecified atom stereocenters. The summed E-state index contributed by atoms with van der Waals surface area (Å²) in [5.74, 6) is 1.09. The third-order valence-corrected chi connectivity index (χ3v) is 3.73. The van der Waals surface area contributed by atoms with Crippen molar-refractivity contribution < 1.29 is 9.53 Å². The van der Waals surface area contributed by atoms with Gasteiger partial charge in [0, 0.05) is 37.1 Å². The van der Waals surface area contributed by atoms with E-state index in [-0.39, 0.29) is 5.91 Å². The molecule has 0 bridgehead atoms. The first-order chi connectivity index (χ1) is 12.8. The topological polar surface area (TPSA) is 89.0 Å². The maximum absolute atomic E-state index is 12.3. The SMILES string of the molecule is COc1ccccc1CNc1cc(C(=O)NCc2cccnc2)ncn1. The van der Waals surface area contributed by atoms with Crippen molar-refractivity contribution in [3.05, 3.63) is 78.0 Å². The normalized spacial score (nSPS) is 10.2. The molecule has 132 valence electrons. The molecule has 2 N–H and O–H groups in total. The second-order valence-corrected chi connectivity index (χ2v) is 5.50. The van der Waals surface area contributed by atoms with E-state index in [1.807, 2.05) is 36.4 Å². The Kier molecular flexibility index (Phi) is 5.72. The molecule has 0 fully saturated rings. The van der Waals surface area contributed by atoms with Gasteiger partial charge in [-0.1, -0.05) is 24.3 Å². The van der Waals surface area contributed by atoms with Crippen LogP contribution in [0.5, 0.6) is 5.75 Å². The van der Waals surface area contributed by atoms with E-state index in [2.05, 4.69) is 25.6 Å². The maximum Gasteiger partial charge on any atom is 0.270 e. The average molecular weight is 349 g/mol. The van der Waals surface area contributed by atoms with Crippen LogP contribution in [0, 0.1) is 0 Å². The maximum atomic E-state index is 12.3. The summed E-state index contributed by atoms with van der Waals surface area (Å²) in [5.41, 5.74) is 2.21. The van der Waals surface area contributed by atoms with E-state index in [9.17, 15) is 4.79 Å². The van der Waals surface area contributed by atoms with Crippen LogP contribution in [0.15, 0.2) is 61.2 Å². The Balaban J connectivity index is 1.61. The quantitative estimate of drug-likeness (QED) is 0.681. The molecular weight excluding hydrogens is 330 g/mol. The molecule has 0 saturated heterocycles. The number of rotatable bonds is 7. The van der Waals surface area contributed by atoms with Crippen LogP contribution >= 0.6 is 0 Å². The zero-order valence-electron chi connectivity index (χ0n) is 14.3. The number of aromatic nitrogens is 3. The van der Waals surface area contributed by atoms with E-state index in [1.165, 1.54) is 6.33 Å². The van der Waals surface area contributed by atoms with Crippen molar-refractivity contribution in [3.8, 4) is 5.75 Å². The van der Waals surface area contributed by atoms with Crippen molar-refractivity contribution in [1.29, 1.82) is 0 Å². The number of anilines is 1. The number of hydrogen-bond acceptors (Lipinski definition) is 6. The van der Waals surface area contributed by atoms with Gasteiger partial charge in [0.05, 0.1) is 7.11 Å². The summed E-state index contributed by atoms with van der Waals surface area (Å²) < 4.78 is 5.33. The van der Waals surface area contributed by atoms with Gasteiger partial charge >= 0.3 is 0 Å². The highest BCUT2D eigenvalue weighted by molar-refractivity contribution is 5.92. The summed E-state index contributed by atoms with van der Waals surface area (Å²) in [6.07, 6.45) is 4.76. The van der Waals surface area contributed by atoms with Crippen LogP contribution in [0.25, 0.3) is 0 Å². The molecule has 7 nitrogen and oxygen atoms in total. The zero-order chi connectivity index (χ0) is 18.2. The highest BCUT2D eigenvalue weighted by Gasteiger charge is 2.09. The average Bonchev–Trinajstić information content (AvgIpc) is 2.71. The number of nitrogens with zero attached hydrogens (tertiary/aromatic N) is 3. The Morgan fingerprint density at radius 3 is 2.81 bits per heavy atom. The molecule has 3 rings (SSSR count). The standard InChI is InChI=1S/C19H19N5O2/c1-26-17-7-3-2-6-15(17)12-21-18-9-16(23-13-24-18)19(25)22-11-14-5-4-8-20-10-14/h2-10,13H,11-12H2,1H3,(H,22,25)(H,21,23,24). The summed E-state index contributed by atoms with van der Waals surface area (Å²) >= 11 is 0. The molecule has 0 saturated carbocycles. The van der Waals surface area contributed by atoms with Crippen LogP contribution in [0.1, 0.15) is 21.6 Å². The Morgan fingerprint density at radius 2 is 2.00 bits per heavy atom. The van der Waals surface area contributed by atoms with Gasteiger partial charge in [-0.05, 0) is 17.7 Å². The number of amides is 1. The van der Waals surface area contributed by atoms with Crippen LogP contribution in [0.2, 0.25) is 0 Å². The van der Waals surface area contributed by atoms with Crippen LogP contribution in [0.3, 0.4) is 0 Å². The lowest BCUT2D eigenvalue weighted by atomic mass is 10.2. The predicted octanol–water partition coefficient (Wildman–Crippen LogP) is 2.42. The zero-order valence-corrected chi connectivity index (χ0v) is 14.3. The second-order valence-electron chi connectivity index (χ2n) is 5.50. The Hall–Kier alpha value is -3.48. The molecule has 1 aromatic carbocycles. The van der Waals surface area contributed by atoms with Gasteiger partial charge in [-0.3, -0.25) is 9.78 Å². The molecule has 2 aromatic heterocycles. The van der Waals surface area contributed by atoms with Crippen LogP contribution in [-0.2, 0) is 13.1 Å². The van der Waals surface area contributed by atoms with Crippen molar-refractivity contribution in [3.63, 3.8) is 0 Å². The third kappa shape index (κ3) is 4.54. The number of pyridine rings is 1. The van der Waals surface area contributed by atoms with Crippen molar-refractivity contribution in [2.24, 2.45) is 0 Å². The lowest BCUT2D eigenvalue weighted by Gasteiger charge is -2.10. The minimum absolute atomic E-state index is 0.267. The molecule has 0 aliphatic rings. The summed E-state index contributed by atoms with van der Waals surface area (Å²) in [7, 11) is 1.63. The van der Waals surface area contributed by atoms with E-state index < -0.39 is 0 Å². The van der Waals surface area contributed by atoms with Gasteiger partial charge in [-0.25, -0.2) is 9.97 Å². The predicted molar refractivity (Wildman–Crippen MR) is 97.8 cm³/mol. The van der Waals surface area contributed by atoms with E-state index >= 15 is 0 Å². The highest BCUT2D eigenvalue weighted by atomic mass is 16.5. The number of carbonyl (C=O) groups excluding carboxylic acids is 1. The van der Waals surface area contributed by atoms with E-state index in [4.69, 9.17) is 4.74 Å². The van der Waals surface area contributed by atoms with Crippen LogP contribution in [-0.4, -0.2) is 28.0 Å². The van der Waals surface area contributed by atoms with Crippen molar-refractivity contribution >= 4 is 11.7 Å². The molecule has 2 heterocycles. The van der Waals surface area contributed by atoms with E-state index in [1.54, 1.807) is 25.6 Å². The molecule has 3 aromatic rings. The highest BCUT2D eigenvalue weighted by Crippen LogP contribution is 2.18. The van der Waals surface area contributed by atoms with Gasteiger partial charge in [-0.2, -0.15) is 0 Å². The molecule has 1 amide bonds. The number of carbonyl (C=O) groups is 1. The molecule has 7 heteroatoms. The lowest BCUT2D eigenvalue weighted by molar-refractivity contribution is 0.0945. The molecule has 0 atom stereocenters. The smallest absolute Gasteiger partial charge is 0.270 e. The van der Waals surface area contributed by atoms with Gasteiger partial charge in [0.2, 0.25) is 0 Å². The molecule has 0 aliphatic heterocycles. The summed E-state index contributed by atoms with van der Waals surface area (Å²) in [6.45, 7) is 0.915. The minimum Gasteiger partial charge on any atom is -0.496 e. The fourth-order valence-corrected chi connectivity index (χ4v) is 2.39. The molecule has 0 spiro atoms. The molecular formula is C19H19N5O2. The number of methoxy groups -OCH3 is 1. The third-order valence-electron chi connectivity index (χ3n) is 3.73. The first-order valence-corrected chi connectivity index (χ1v) is 8.11. The molecule has 0 radical (unpaired) electrons. The second kappa shape index (κ2) is 8.57. The van der Waals surface area contributed by atoms with Gasteiger partial charge in [-0.15, -0.1) is 0 Å². The van der Waals surface area contributed by atoms with Gasteiger partial charge in [0.15, 0.2) is 0 Å². The number of ether oxygens (including phenoxy) is 1. The van der Waals surface area contributed by atoms with Crippen LogP contribution < -0.4 is 15.4 Å².